The molecular formula is C14H12ClNO2S. The Bertz CT molecular complexity index is 585. The van der Waals surface area contributed by atoms with Crippen LogP contribution in [0.4, 0.5) is 0 Å². The molecule has 2 aromatic rings. The van der Waals surface area contributed by atoms with Crippen LogP contribution in [-0.2, 0) is 0 Å². The Balaban J connectivity index is 1.89. The van der Waals surface area contributed by atoms with Crippen molar-refractivity contribution in [2.75, 3.05) is 12.3 Å². The van der Waals surface area contributed by atoms with Crippen LogP contribution in [0, 0.1) is 0 Å². The Kier molecular flexibility index (Phi) is 3.53. The first-order chi connectivity index (χ1) is 9.27. The number of carbonyl (C=O) groups excluding carboxylic acids is 1. The van der Waals surface area contributed by atoms with Crippen molar-refractivity contribution in [3.05, 3.63) is 59.0 Å². The lowest BCUT2D eigenvalue weighted by Gasteiger charge is -2.22. The number of hydrogen-bond acceptors (Lipinski definition) is 3. The number of halogens is 1. The number of nitrogens with zero attached hydrogens (tertiary/aromatic N) is 1. The second-order valence-electron chi connectivity index (χ2n) is 4.22. The summed E-state index contributed by atoms with van der Waals surface area (Å²) in [5, 5.41) is 0.432. The summed E-state index contributed by atoms with van der Waals surface area (Å²) in [5.74, 6) is 1.67. The number of benzene rings is 1. The summed E-state index contributed by atoms with van der Waals surface area (Å²) >= 11 is 7.80. The third kappa shape index (κ3) is 2.38. The van der Waals surface area contributed by atoms with Gasteiger partial charge >= 0.3 is 0 Å². The Morgan fingerprint density at radius 1 is 1.32 bits per heavy atom. The zero-order valence-electron chi connectivity index (χ0n) is 10.1. The zero-order chi connectivity index (χ0) is 13.2. The third-order valence-electron chi connectivity index (χ3n) is 3.04. The highest BCUT2D eigenvalue weighted by Crippen LogP contribution is 2.39. The maximum Gasteiger partial charge on any atom is 0.256 e. The molecule has 1 aliphatic heterocycles. The first kappa shape index (κ1) is 12.6. The highest BCUT2D eigenvalue weighted by molar-refractivity contribution is 7.99. The van der Waals surface area contributed by atoms with Gasteiger partial charge in [0.25, 0.3) is 5.91 Å². The molecule has 0 saturated carbocycles. The van der Waals surface area contributed by atoms with Gasteiger partial charge in [0.1, 0.15) is 11.1 Å². The molecule has 1 atom stereocenters. The number of amides is 1. The largest absolute Gasteiger partial charge is 0.466 e. The van der Waals surface area contributed by atoms with E-state index in [2.05, 4.69) is 0 Å². The molecule has 1 aromatic carbocycles. The molecule has 5 heteroatoms. The van der Waals surface area contributed by atoms with Crippen molar-refractivity contribution in [1.82, 2.24) is 4.90 Å². The topological polar surface area (TPSA) is 33.5 Å². The van der Waals surface area contributed by atoms with Crippen molar-refractivity contribution in [3.8, 4) is 0 Å². The maximum atomic E-state index is 12.6. The van der Waals surface area contributed by atoms with Crippen LogP contribution in [0.15, 0.2) is 47.1 Å². The van der Waals surface area contributed by atoms with Crippen molar-refractivity contribution in [1.29, 1.82) is 0 Å². The second kappa shape index (κ2) is 5.31. The number of thioether (sulfide) groups is 1. The molecule has 0 radical (unpaired) electrons. The van der Waals surface area contributed by atoms with Crippen molar-refractivity contribution in [3.63, 3.8) is 0 Å². The lowest BCUT2D eigenvalue weighted by atomic mass is 10.2. The van der Waals surface area contributed by atoms with Gasteiger partial charge in [-0.15, -0.1) is 11.8 Å². The van der Waals surface area contributed by atoms with Crippen molar-refractivity contribution < 1.29 is 9.21 Å². The molecule has 0 N–H and O–H groups in total. The van der Waals surface area contributed by atoms with Crippen molar-refractivity contribution in [2.45, 2.75) is 5.37 Å². The second-order valence-corrected chi connectivity index (χ2v) is 5.81. The molecule has 98 valence electrons. The normalized spacial score (nSPS) is 18.8. The van der Waals surface area contributed by atoms with Crippen LogP contribution in [-0.4, -0.2) is 23.1 Å². The molecule has 0 unspecified atom stereocenters. The summed E-state index contributed by atoms with van der Waals surface area (Å²) < 4.78 is 5.42. The van der Waals surface area contributed by atoms with Crippen LogP contribution in [0.1, 0.15) is 21.5 Å². The molecule has 1 aliphatic rings. The van der Waals surface area contributed by atoms with Gasteiger partial charge in [-0.25, -0.2) is 0 Å². The molecule has 1 aromatic heterocycles. The first-order valence-corrected chi connectivity index (χ1v) is 7.40. The summed E-state index contributed by atoms with van der Waals surface area (Å²) in [6, 6.07) is 10.9. The molecular weight excluding hydrogens is 282 g/mol. The molecule has 0 bridgehead atoms. The molecule has 3 rings (SSSR count). The maximum absolute atomic E-state index is 12.6. The van der Waals surface area contributed by atoms with Crippen molar-refractivity contribution >= 4 is 29.3 Å². The minimum atomic E-state index is -0.0567. The molecule has 2 heterocycles. The van der Waals surface area contributed by atoms with Gasteiger partial charge in [0.05, 0.1) is 16.8 Å². The fourth-order valence-electron chi connectivity index (χ4n) is 2.13. The van der Waals surface area contributed by atoms with E-state index in [1.54, 1.807) is 30.2 Å². The van der Waals surface area contributed by atoms with Crippen LogP contribution in [0.3, 0.4) is 0 Å². The van der Waals surface area contributed by atoms with E-state index in [9.17, 15) is 4.79 Å². The van der Waals surface area contributed by atoms with Gasteiger partial charge in [-0.05, 0) is 24.3 Å². The van der Waals surface area contributed by atoms with Crippen LogP contribution in [0.2, 0.25) is 5.02 Å². The van der Waals surface area contributed by atoms with Crippen LogP contribution in [0.5, 0.6) is 0 Å². The minimum absolute atomic E-state index is 0.0444. The zero-order valence-corrected chi connectivity index (χ0v) is 11.7. The average molecular weight is 294 g/mol. The van der Waals surface area contributed by atoms with E-state index in [0.717, 1.165) is 11.5 Å². The molecule has 1 saturated heterocycles. The predicted molar refractivity (Wildman–Crippen MR) is 76.4 cm³/mol. The van der Waals surface area contributed by atoms with Gasteiger partial charge in [0, 0.05) is 12.3 Å². The Morgan fingerprint density at radius 2 is 2.16 bits per heavy atom. The van der Waals surface area contributed by atoms with Gasteiger partial charge in [-0.1, -0.05) is 23.7 Å². The Morgan fingerprint density at radius 3 is 2.89 bits per heavy atom. The van der Waals surface area contributed by atoms with Gasteiger partial charge in [0.15, 0.2) is 0 Å². The average Bonchev–Trinajstić information content (AvgIpc) is 3.09. The van der Waals surface area contributed by atoms with Gasteiger partial charge in [0.2, 0.25) is 0 Å². The van der Waals surface area contributed by atoms with E-state index >= 15 is 0 Å². The first-order valence-electron chi connectivity index (χ1n) is 5.98. The Labute approximate surface area is 120 Å². The summed E-state index contributed by atoms with van der Waals surface area (Å²) in [4.78, 5) is 14.4. The quantitative estimate of drug-likeness (QED) is 0.844. The number of hydrogen-bond donors (Lipinski definition) is 0. The molecule has 0 aliphatic carbocycles. The summed E-state index contributed by atoms with van der Waals surface area (Å²) in [7, 11) is 0. The summed E-state index contributed by atoms with van der Waals surface area (Å²) in [6.45, 7) is 0.708. The number of furan rings is 1. The van der Waals surface area contributed by atoms with Crippen LogP contribution < -0.4 is 0 Å². The highest BCUT2D eigenvalue weighted by Gasteiger charge is 2.33. The lowest BCUT2D eigenvalue weighted by molar-refractivity contribution is 0.0749. The van der Waals surface area contributed by atoms with E-state index in [4.69, 9.17) is 16.0 Å². The monoisotopic (exact) mass is 293 g/mol. The molecule has 1 fully saturated rings. The fraction of sp³-hybridized carbons (Fsp3) is 0.214. The van der Waals surface area contributed by atoms with Crippen LogP contribution in [0.25, 0.3) is 0 Å². The minimum Gasteiger partial charge on any atom is -0.466 e. The summed E-state index contributed by atoms with van der Waals surface area (Å²) in [6.07, 6.45) is 1.63. The number of carbonyl (C=O) groups is 1. The number of rotatable bonds is 2. The standard InChI is InChI=1S/C14H12ClNO2S/c15-11-5-2-1-4-10(11)13(17)16-7-9-19-14(16)12-6-3-8-18-12/h1-6,8,14H,7,9H2/t14-/m0/s1. The van der Waals surface area contributed by atoms with Crippen molar-refractivity contribution in [2.24, 2.45) is 0 Å². The SMILES string of the molecule is O=C(c1ccccc1Cl)N1CCS[C@H]1c1ccco1. The smallest absolute Gasteiger partial charge is 0.256 e. The summed E-state index contributed by atoms with van der Waals surface area (Å²) in [5.41, 5.74) is 0.545. The van der Waals surface area contributed by atoms with Gasteiger partial charge in [-0.2, -0.15) is 0 Å². The Hall–Kier alpha value is -1.39. The fourth-order valence-corrected chi connectivity index (χ4v) is 3.56. The molecule has 0 spiro atoms. The predicted octanol–water partition coefficient (Wildman–Crippen LogP) is 3.82. The molecule has 1 amide bonds. The van der Waals surface area contributed by atoms with E-state index in [1.807, 2.05) is 29.2 Å². The lowest BCUT2D eigenvalue weighted by Crippen LogP contribution is -2.30. The van der Waals surface area contributed by atoms with E-state index < -0.39 is 0 Å². The van der Waals surface area contributed by atoms with E-state index in [1.165, 1.54) is 0 Å². The highest BCUT2D eigenvalue weighted by atomic mass is 35.5. The van der Waals surface area contributed by atoms with Gasteiger partial charge in [-0.3, -0.25) is 4.79 Å². The molecule has 19 heavy (non-hydrogen) atoms. The van der Waals surface area contributed by atoms with Gasteiger partial charge < -0.3 is 9.32 Å². The van der Waals surface area contributed by atoms with E-state index in [0.29, 0.717) is 17.1 Å². The van der Waals surface area contributed by atoms with E-state index in [-0.39, 0.29) is 11.3 Å². The third-order valence-corrected chi connectivity index (χ3v) is 4.59. The van der Waals surface area contributed by atoms with Crippen LogP contribution >= 0.6 is 23.4 Å². The molecule has 3 nitrogen and oxygen atoms in total.